The van der Waals surface area contributed by atoms with Crippen LogP contribution in [0.3, 0.4) is 0 Å². The van der Waals surface area contributed by atoms with Crippen molar-refractivity contribution in [1.82, 2.24) is 10.6 Å². The average Bonchev–Trinajstić information content (AvgIpc) is 2.60. The first kappa shape index (κ1) is 20.4. The molecule has 0 saturated carbocycles. The summed E-state index contributed by atoms with van der Waals surface area (Å²) >= 11 is 11.9. The number of aliphatic hydroxyl groups is 1. The molecule has 148 valence electrons. The van der Waals surface area contributed by atoms with Gasteiger partial charge in [0.25, 0.3) is 0 Å². The Morgan fingerprint density at radius 2 is 1.68 bits per heavy atom. The largest absolute Gasteiger partial charge is 0.437 e. The molecule has 2 amide bonds. The molecule has 0 aliphatic carbocycles. The molecule has 0 unspecified atom stereocenters. The highest BCUT2D eigenvalue weighted by molar-refractivity contribution is 6.31. The molecule has 1 saturated heterocycles. The predicted molar refractivity (Wildman–Crippen MR) is 96.1 cm³/mol. The lowest BCUT2D eigenvalue weighted by Crippen LogP contribution is -2.72. The van der Waals surface area contributed by atoms with E-state index < -0.39 is 35.7 Å². The second kappa shape index (κ2) is 7.27. The van der Waals surface area contributed by atoms with Crippen LogP contribution in [0.15, 0.2) is 48.5 Å². The highest BCUT2D eigenvalue weighted by Crippen LogP contribution is 2.45. The Bertz CT molecular complexity index is 921. The lowest BCUT2D eigenvalue weighted by Gasteiger charge is -2.45. The van der Waals surface area contributed by atoms with Gasteiger partial charge in [0.1, 0.15) is 5.92 Å². The number of carbonyl (C=O) groups is 2. The number of Topliss-reactive ketones (excluding diaryl/α,β-unsaturated/α-hetero) is 1. The topological polar surface area (TPSA) is 78.4 Å². The molecular formula is C18H13Cl2F3N2O3. The van der Waals surface area contributed by atoms with Crippen LogP contribution in [0, 0.1) is 5.92 Å². The molecule has 0 bridgehead atoms. The minimum absolute atomic E-state index is 0.0353. The molecule has 10 heteroatoms. The first-order chi connectivity index (χ1) is 13.0. The average molecular weight is 433 g/mol. The van der Waals surface area contributed by atoms with Gasteiger partial charge in [-0.25, -0.2) is 4.79 Å². The van der Waals surface area contributed by atoms with Gasteiger partial charge in [-0.05, 0) is 35.9 Å². The van der Waals surface area contributed by atoms with Gasteiger partial charge in [-0.2, -0.15) is 13.2 Å². The van der Waals surface area contributed by atoms with Crippen LogP contribution in [-0.4, -0.2) is 28.8 Å². The van der Waals surface area contributed by atoms with Crippen LogP contribution in [0.4, 0.5) is 18.0 Å². The summed E-state index contributed by atoms with van der Waals surface area (Å²) in [7, 11) is 0. The van der Waals surface area contributed by atoms with Crippen molar-refractivity contribution >= 4 is 35.0 Å². The minimum Gasteiger partial charge on any atom is -0.363 e. The Kier molecular flexibility index (Phi) is 5.31. The Balaban J connectivity index is 2.18. The first-order valence-corrected chi connectivity index (χ1v) is 8.72. The lowest BCUT2D eigenvalue weighted by molar-refractivity contribution is -0.287. The molecule has 3 N–H and O–H groups in total. The molecule has 1 fully saturated rings. The van der Waals surface area contributed by atoms with Crippen molar-refractivity contribution in [2.45, 2.75) is 17.9 Å². The quantitative estimate of drug-likeness (QED) is 0.638. The van der Waals surface area contributed by atoms with Gasteiger partial charge in [0.05, 0.1) is 6.04 Å². The third-order valence-corrected chi connectivity index (χ3v) is 5.05. The molecule has 2 aromatic rings. The summed E-state index contributed by atoms with van der Waals surface area (Å²) in [5.74, 6) is -3.19. The highest BCUT2D eigenvalue weighted by atomic mass is 35.5. The lowest BCUT2D eigenvalue weighted by atomic mass is 9.77. The highest BCUT2D eigenvalue weighted by Gasteiger charge is 2.66. The summed E-state index contributed by atoms with van der Waals surface area (Å²) in [6, 6.07) is 8.14. The SMILES string of the molecule is O=C1N[C@@H](c2ccccc2Cl)[C@H](C(=O)c2ccc(Cl)cc2)[C@@](O)(C(F)(F)F)N1. The number of amides is 2. The molecule has 3 atom stereocenters. The fourth-order valence-corrected chi connectivity index (χ4v) is 3.50. The van der Waals surface area contributed by atoms with Crippen LogP contribution in [-0.2, 0) is 0 Å². The van der Waals surface area contributed by atoms with Gasteiger partial charge >= 0.3 is 12.2 Å². The van der Waals surface area contributed by atoms with Gasteiger partial charge in [-0.3, -0.25) is 4.79 Å². The third-order valence-electron chi connectivity index (χ3n) is 4.46. The van der Waals surface area contributed by atoms with Crippen molar-refractivity contribution in [2.24, 2.45) is 5.92 Å². The van der Waals surface area contributed by atoms with Crippen LogP contribution in [0.5, 0.6) is 0 Å². The number of urea groups is 1. The van der Waals surface area contributed by atoms with Gasteiger partial charge < -0.3 is 15.7 Å². The summed E-state index contributed by atoms with van der Waals surface area (Å²) in [6.45, 7) is 0. The maximum Gasteiger partial charge on any atom is 0.437 e. The molecule has 1 aliphatic heterocycles. The Hall–Kier alpha value is -2.29. The van der Waals surface area contributed by atoms with E-state index in [9.17, 15) is 27.9 Å². The van der Waals surface area contributed by atoms with E-state index in [0.717, 1.165) is 0 Å². The molecule has 0 aromatic heterocycles. The van der Waals surface area contributed by atoms with Crippen molar-refractivity contribution in [3.05, 3.63) is 69.7 Å². The number of benzene rings is 2. The van der Waals surface area contributed by atoms with Gasteiger partial charge in [0, 0.05) is 15.6 Å². The third kappa shape index (κ3) is 3.55. The first-order valence-electron chi connectivity index (χ1n) is 7.96. The summed E-state index contributed by atoms with van der Waals surface area (Å²) < 4.78 is 41.3. The summed E-state index contributed by atoms with van der Waals surface area (Å²) in [5, 5.41) is 14.5. The van der Waals surface area contributed by atoms with E-state index >= 15 is 0 Å². The fourth-order valence-electron chi connectivity index (χ4n) is 3.12. The van der Waals surface area contributed by atoms with E-state index in [-0.39, 0.29) is 21.2 Å². The second-order valence-corrected chi connectivity index (χ2v) is 7.05. The molecule has 0 spiro atoms. The summed E-state index contributed by atoms with van der Waals surface area (Å²) in [4.78, 5) is 25.0. The molecule has 3 rings (SSSR count). The molecule has 1 heterocycles. The number of carbonyl (C=O) groups excluding carboxylic acids is 2. The number of nitrogens with one attached hydrogen (secondary N) is 2. The zero-order valence-electron chi connectivity index (χ0n) is 13.9. The number of hydrogen-bond donors (Lipinski definition) is 3. The van der Waals surface area contributed by atoms with Crippen LogP contribution in [0.25, 0.3) is 0 Å². The Morgan fingerprint density at radius 3 is 2.25 bits per heavy atom. The maximum absolute atomic E-state index is 13.8. The predicted octanol–water partition coefficient (Wildman–Crippen LogP) is 4.10. The van der Waals surface area contributed by atoms with Crippen LogP contribution >= 0.6 is 23.2 Å². The van der Waals surface area contributed by atoms with E-state index in [1.165, 1.54) is 47.8 Å². The molecule has 1 aliphatic rings. The monoisotopic (exact) mass is 432 g/mol. The van der Waals surface area contributed by atoms with Crippen LogP contribution in [0.2, 0.25) is 10.0 Å². The molecule has 5 nitrogen and oxygen atoms in total. The van der Waals surface area contributed by atoms with Crippen molar-refractivity contribution in [1.29, 1.82) is 0 Å². The van der Waals surface area contributed by atoms with Gasteiger partial charge in [-0.1, -0.05) is 41.4 Å². The van der Waals surface area contributed by atoms with Gasteiger partial charge in [0.2, 0.25) is 5.72 Å². The van der Waals surface area contributed by atoms with E-state index in [2.05, 4.69) is 5.32 Å². The summed E-state index contributed by atoms with van der Waals surface area (Å²) in [5.41, 5.74) is -3.86. The molecule has 2 aromatic carbocycles. The van der Waals surface area contributed by atoms with Crippen LogP contribution in [0.1, 0.15) is 22.0 Å². The van der Waals surface area contributed by atoms with Crippen molar-refractivity contribution in [3.63, 3.8) is 0 Å². The smallest absolute Gasteiger partial charge is 0.363 e. The standard InChI is InChI=1S/C18H13Cl2F3N2O3/c19-10-7-5-9(6-8-10)15(26)13-14(11-3-1-2-4-12(11)20)24-16(27)25-17(13,28)18(21,22)23/h1-8,13-14,28H,(H2,24,25,27)/t13-,14+,17-/m1/s1. The molecule has 0 radical (unpaired) electrons. The van der Waals surface area contributed by atoms with Crippen molar-refractivity contribution in [2.75, 3.05) is 0 Å². The zero-order chi connectivity index (χ0) is 20.7. The normalized spacial score (nSPS) is 25.0. The number of rotatable bonds is 3. The molecule has 28 heavy (non-hydrogen) atoms. The van der Waals surface area contributed by atoms with Crippen LogP contribution < -0.4 is 10.6 Å². The van der Waals surface area contributed by atoms with Gasteiger partial charge in [0.15, 0.2) is 5.78 Å². The minimum atomic E-state index is -5.34. The number of hydrogen-bond acceptors (Lipinski definition) is 3. The Morgan fingerprint density at radius 1 is 1.07 bits per heavy atom. The second-order valence-electron chi connectivity index (χ2n) is 6.21. The van der Waals surface area contributed by atoms with E-state index in [0.29, 0.717) is 0 Å². The van der Waals surface area contributed by atoms with E-state index in [4.69, 9.17) is 23.2 Å². The van der Waals surface area contributed by atoms with E-state index in [1.54, 1.807) is 6.07 Å². The van der Waals surface area contributed by atoms with Gasteiger partial charge in [-0.15, -0.1) is 0 Å². The number of alkyl halides is 3. The van der Waals surface area contributed by atoms with Crippen molar-refractivity contribution < 1.29 is 27.9 Å². The Labute approximate surface area is 167 Å². The zero-order valence-corrected chi connectivity index (χ0v) is 15.4. The number of halogens is 5. The molecular weight excluding hydrogens is 420 g/mol. The van der Waals surface area contributed by atoms with Crippen molar-refractivity contribution in [3.8, 4) is 0 Å². The maximum atomic E-state index is 13.8. The fraction of sp³-hybridized carbons (Fsp3) is 0.222. The number of ketones is 1. The van der Waals surface area contributed by atoms with E-state index in [1.807, 2.05) is 0 Å². The summed E-state index contributed by atoms with van der Waals surface area (Å²) in [6.07, 6.45) is -5.34.